The van der Waals surface area contributed by atoms with Gasteiger partial charge in [-0.15, -0.1) is 5.06 Å². The topological polar surface area (TPSA) is 38.8 Å². The highest BCUT2D eigenvalue weighted by atomic mass is 19.2. The van der Waals surface area contributed by atoms with Gasteiger partial charge in [0.25, 0.3) is 0 Å². The second kappa shape index (κ2) is 8.72. The van der Waals surface area contributed by atoms with Crippen LogP contribution in [-0.2, 0) is 21.0 Å². The van der Waals surface area contributed by atoms with Crippen molar-refractivity contribution in [1.29, 1.82) is 0 Å². The molecule has 0 unspecified atom stereocenters. The third kappa shape index (κ3) is 6.04. The average molecular weight is 355 g/mol. The molecule has 0 aliphatic carbocycles. The molecular weight excluding hydrogens is 328 g/mol. The summed E-state index contributed by atoms with van der Waals surface area (Å²) in [5.41, 5.74) is -0.263. The number of halogens is 2. The lowest BCUT2D eigenvalue weighted by Gasteiger charge is -2.32. The van der Waals surface area contributed by atoms with E-state index in [4.69, 9.17) is 9.57 Å². The second-order valence-electron chi connectivity index (χ2n) is 7.56. The van der Waals surface area contributed by atoms with E-state index in [1.165, 1.54) is 12.1 Å². The Kier molecular flexibility index (Phi) is 6.90. The standard InChI is InChI=1S/C19H27F2NO3/c1-19(2,3)18(23)25-22-10-7-14(8-11-22)9-12-24-13-15-5-4-6-16(20)17(15)21/h4-6,14H,7-13H2,1-3H3. The largest absolute Gasteiger partial charge is 0.377 e. The van der Waals surface area contributed by atoms with Crippen LogP contribution in [-0.4, -0.2) is 30.7 Å². The molecule has 1 heterocycles. The van der Waals surface area contributed by atoms with E-state index in [2.05, 4.69) is 0 Å². The Bertz CT molecular complexity index is 579. The first-order valence-corrected chi connectivity index (χ1v) is 8.75. The van der Waals surface area contributed by atoms with Gasteiger partial charge in [0.1, 0.15) is 0 Å². The van der Waals surface area contributed by atoms with Gasteiger partial charge in [0.05, 0.1) is 12.0 Å². The smallest absolute Gasteiger partial charge is 0.330 e. The van der Waals surface area contributed by atoms with Crippen LogP contribution in [0.3, 0.4) is 0 Å². The molecule has 25 heavy (non-hydrogen) atoms. The van der Waals surface area contributed by atoms with Gasteiger partial charge in [-0.05, 0) is 52.0 Å². The predicted octanol–water partition coefficient (Wildman–Crippen LogP) is 4.09. The molecule has 1 fully saturated rings. The van der Waals surface area contributed by atoms with E-state index < -0.39 is 17.0 Å². The van der Waals surface area contributed by atoms with Crippen LogP contribution in [0.25, 0.3) is 0 Å². The van der Waals surface area contributed by atoms with Crippen LogP contribution in [0.5, 0.6) is 0 Å². The van der Waals surface area contributed by atoms with Gasteiger partial charge in [-0.3, -0.25) is 0 Å². The van der Waals surface area contributed by atoms with E-state index in [0.29, 0.717) is 25.6 Å². The zero-order valence-corrected chi connectivity index (χ0v) is 15.2. The van der Waals surface area contributed by atoms with Crippen molar-refractivity contribution in [3.05, 3.63) is 35.4 Å². The maximum Gasteiger partial charge on any atom is 0.330 e. The van der Waals surface area contributed by atoms with Crippen molar-refractivity contribution in [2.45, 2.75) is 46.6 Å². The molecule has 140 valence electrons. The number of hydroxylamine groups is 2. The molecule has 0 N–H and O–H groups in total. The molecule has 1 aromatic rings. The van der Waals surface area contributed by atoms with E-state index in [-0.39, 0.29) is 18.1 Å². The molecule has 4 nitrogen and oxygen atoms in total. The summed E-state index contributed by atoms with van der Waals surface area (Å²) in [6.07, 6.45) is 2.71. The van der Waals surface area contributed by atoms with Crippen LogP contribution in [0, 0.1) is 23.0 Å². The lowest BCUT2D eigenvalue weighted by Crippen LogP contribution is -2.39. The fourth-order valence-electron chi connectivity index (χ4n) is 2.64. The molecule has 0 aromatic heterocycles. The van der Waals surface area contributed by atoms with Gasteiger partial charge in [-0.25, -0.2) is 13.6 Å². The molecule has 0 bridgehead atoms. The number of carbonyl (C=O) groups is 1. The Morgan fingerprint density at radius 3 is 2.56 bits per heavy atom. The van der Waals surface area contributed by atoms with Crippen LogP contribution in [0.2, 0.25) is 0 Å². The summed E-state index contributed by atoms with van der Waals surface area (Å²) < 4.78 is 32.1. The third-order valence-corrected chi connectivity index (χ3v) is 4.36. The Balaban J connectivity index is 1.64. The molecule has 0 atom stereocenters. The summed E-state index contributed by atoms with van der Waals surface area (Å²) in [6, 6.07) is 4.10. The molecule has 1 aromatic carbocycles. The Morgan fingerprint density at radius 1 is 1.24 bits per heavy atom. The predicted molar refractivity (Wildman–Crippen MR) is 90.5 cm³/mol. The van der Waals surface area contributed by atoms with Crippen LogP contribution in [0.4, 0.5) is 8.78 Å². The minimum absolute atomic E-state index is 0.0750. The number of ether oxygens (including phenoxy) is 1. The highest BCUT2D eigenvalue weighted by molar-refractivity contribution is 5.75. The maximum absolute atomic E-state index is 13.5. The molecule has 1 aliphatic rings. The van der Waals surface area contributed by atoms with Crippen molar-refractivity contribution >= 4 is 5.97 Å². The molecule has 6 heteroatoms. The second-order valence-corrected chi connectivity index (χ2v) is 7.56. The normalized spacial score (nSPS) is 16.8. The number of benzene rings is 1. The van der Waals surface area contributed by atoms with Gasteiger partial charge in [-0.1, -0.05) is 12.1 Å². The lowest BCUT2D eigenvalue weighted by molar-refractivity contribution is -0.206. The van der Waals surface area contributed by atoms with Crippen LogP contribution < -0.4 is 0 Å². The maximum atomic E-state index is 13.5. The average Bonchev–Trinajstić information content (AvgIpc) is 2.56. The van der Waals surface area contributed by atoms with Gasteiger partial charge < -0.3 is 9.57 Å². The van der Waals surface area contributed by atoms with Crippen molar-refractivity contribution in [3.63, 3.8) is 0 Å². The highest BCUT2D eigenvalue weighted by Gasteiger charge is 2.28. The SMILES string of the molecule is CC(C)(C)C(=O)ON1CCC(CCOCc2cccc(F)c2F)CC1. The molecule has 0 saturated carbocycles. The van der Waals surface area contributed by atoms with Crippen molar-refractivity contribution in [2.24, 2.45) is 11.3 Å². The summed E-state index contributed by atoms with van der Waals surface area (Å²) in [4.78, 5) is 17.3. The quantitative estimate of drug-likeness (QED) is 0.721. The fraction of sp³-hybridized carbons (Fsp3) is 0.632. The summed E-state index contributed by atoms with van der Waals surface area (Å²) in [5, 5.41) is 1.73. The monoisotopic (exact) mass is 355 g/mol. The number of hydrogen-bond donors (Lipinski definition) is 0. The van der Waals surface area contributed by atoms with Crippen molar-refractivity contribution in [1.82, 2.24) is 5.06 Å². The molecule has 1 aliphatic heterocycles. The summed E-state index contributed by atoms with van der Waals surface area (Å²) in [5.74, 6) is -1.41. The number of rotatable bonds is 6. The Morgan fingerprint density at radius 2 is 1.92 bits per heavy atom. The van der Waals surface area contributed by atoms with Crippen LogP contribution in [0.15, 0.2) is 18.2 Å². The molecule has 0 amide bonds. The van der Waals surface area contributed by atoms with E-state index >= 15 is 0 Å². The fourth-order valence-corrected chi connectivity index (χ4v) is 2.64. The van der Waals surface area contributed by atoms with E-state index in [1.54, 1.807) is 5.06 Å². The van der Waals surface area contributed by atoms with Crippen molar-refractivity contribution < 1.29 is 23.1 Å². The molecule has 2 rings (SSSR count). The van der Waals surface area contributed by atoms with E-state index in [1.807, 2.05) is 20.8 Å². The zero-order chi connectivity index (χ0) is 18.4. The highest BCUT2D eigenvalue weighted by Crippen LogP contribution is 2.23. The molecule has 0 radical (unpaired) electrons. The minimum atomic E-state index is -0.849. The summed E-state index contributed by atoms with van der Waals surface area (Å²) >= 11 is 0. The van der Waals surface area contributed by atoms with Crippen LogP contribution >= 0.6 is 0 Å². The molecule has 0 spiro atoms. The molecular formula is C19H27F2NO3. The first-order valence-electron chi connectivity index (χ1n) is 8.75. The van der Waals surface area contributed by atoms with Gasteiger partial charge in [0, 0.05) is 25.3 Å². The molecule has 1 saturated heterocycles. The Labute approximate surface area is 148 Å². The first kappa shape index (κ1) is 19.8. The van der Waals surface area contributed by atoms with Gasteiger partial charge in [0.2, 0.25) is 0 Å². The number of piperidine rings is 1. The summed E-state index contributed by atoms with van der Waals surface area (Å²) in [6.45, 7) is 7.51. The van der Waals surface area contributed by atoms with Crippen molar-refractivity contribution in [3.8, 4) is 0 Å². The van der Waals surface area contributed by atoms with Gasteiger partial charge >= 0.3 is 5.97 Å². The van der Waals surface area contributed by atoms with Gasteiger partial charge in [-0.2, -0.15) is 0 Å². The minimum Gasteiger partial charge on any atom is -0.377 e. The van der Waals surface area contributed by atoms with E-state index in [0.717, 1.165) is 25.3 Å². The van der Waals surface area contributed by atoms with Crippen LogP contribution in [0.1, 0.15) is 45.6 Å². The van der Waals surface area contributed by atoms with Gasteiger partial charge in [0.15, 0.2) is 11.6 Å². The first-order chi connectivity index (χ1) is 11.8. The lowest BCUT2D eigenvalue weighted by atomic mass is 9.95. The Hall–Kier alpha value is -1.53. The van der Waals surface area contributed by atoms with Crippen molar-refractivity contribution in [2.75, 3.05) is 19.7 Å². The van der Waals surface area contributed by atoms with E-state index in [9.17, 15) is 13.6 Å². The number of nitrogens with zero attached hydrogens (tertiary/aromatic N) is 1. The summed E-state index contributed by atoms with van der Waals surface area (Å²) in [7, 11) is 0. The third-order valence-electron chi connectivity index (χ3n) is 4.36. The zero-order valence-electron chi connectivity index (χ0n) is 15.2. The number of carbonyl (C=O) groups excluding carboxylic acids is 1. The number of hydrogen-bond acceptors (Lipinski definition) is 4.